The monoisotopic (exact) mass is 261 g/mol. The van der Waals surface area contributed by atoms with Gasteiger partial charge in [-0.1, -0.05) is 19.1 Å². The summed E-state index contributed by atoms with van der Waals surface area (Å²) in [6.45, 7) is 4.70. The summed E-state index contributed by atoms with van der Waals surface area (Å²) in [7, 11) is 0. The molecule has 0 bridgehead atoms. The molecule has 1 aromatic carbocycles. The summed E-state index contributed by atoms with van der Waals surface area (Å²) in [6.07, 6.45) is 1.04. The van der Waals surface area contributed by atoms with Crippen molar-refractivity contribution in [2.75, 3.05) is 6.61 Å². The van der Waals surface area contributed by atoms with Gasteiger partial charge in [0.05, 0.1) is 6.61 Å². The van der Waals surface area contributed by atoms with Crippen molar-refractivity contribution in [2.45, 2.75) is 26.4 Å². The number of thiophene rings is 1. The van der Waals surface area contributed by atoms with E-state index in [0.717, 1.165) is 31.9 Å². The van der Waals surface area contributed by atoms with E-state index in [4.69, 9.17) is 4.74 Å². The second-order valence-electron chi connectivity index (χ2n) is 4.23. The molecular formula is C15H19NOS. The van der Waals surface area contributed by atoms with E-state index in [1.54, 1.807) is 11.3 Å². The molecule has 0 unspecified atom stereocenters. The SMILES string of the molecule is CCCOc1cccc(CNCc2ccsc2)c1. The fraction of sp³-hybridized carbons (Fsp3) is 0.333. The summed E-state index contributed by atoms with van der Waals surface area (Å²) in [6, 6.07) is 10.4. The third-order valence-corrected chi connectivity index (χ3v) is 3.34. The molecule has 0 aliphatic carbocycles. The minimum absolute atomic E-state index is 0.784. The van der Waals surface area contributed by atoms with Gasteiger partial charge >= 0.3 is 0 Å². The smallest absolute Gasteiger partial charge is 0.119 e. The predicted octanol–water partition coefficient (Wildman–Crippen LogP) is 3.83. The second-order valence-corrected chi connectivity index (χ2v) is 5.01. The molecule has 0 amide bonds. The fourth-order valence-corrected chi connectivity index (χ4v) is 2.38. The largest absolute Gasteiger partial charge is 0.494 e. The molecule has 0 spiro atoms. The van der Waals surface area contributed by atoms with Crippen LogP contribution in [0.25, 0.3) is 0 Å². The number of hydrogen-bond donors (Lipinski definition) is 1. The summed E-state index contributed by atoms with van der Waals surface area (Å²) in [5, 5.41) is 7.72. The lowest BCUT2D eigenvalue weighted by atomic mass is 10.2. The molecule has 2 rings (SSSR count). The highest BCUT2D eigenvalue weighted by molar-refractivity contribution is 7.07. The normalized spacial score (nSPS) is 10.5. The summed E-state index contributed by atoms with van der Waals surface area (Å²) in [5.41, 5.74) is 2.61. The Hall–Kier alpha value is -1.32. The molecule has 0 radical (unpaired) electrons. The van der Waals surface area contributed by atoms with Gasteiger partial charge < -0.3 is 10.1 Å². The molecule has 0 saturated heterocycles. The van der Waals surface area contributed by atoms with Gasteiger partial charge in [0.1, 0.15) is 5.75 Å². The van der Waals surface area contributed by atoms with E-state index >= 15 is 0 Å². The molecule has 1 N–H and O–H groups in total. The van der Waals surface area contributed by atoms with E-state index in [9.17, 15) is 0 Å². The predicted molar refractivity (Wildman–Crippen MR) is 77.1 cm³/mol. The lowest BCUT2D eigenvalue weighted by Gasteiger charge is -2.07. The molecule has 0 aliphatic rings. The minimum Gasteiger partial charge on any atom is -0.494 e. The molecule has 0 aliphatic heterocycles. The van der Waals surface area contributed by atoms with Gasteiger partial charge in [0.25, 0.3) is 0 Å². The average molecular weight is 261 g/mol. The van der Waals surface area contributed by atoms with Crippen molar-refractivity contribution in [3.8, 4) is 5.75 Å². The zero-order valence-electron chi connectivity index (χ0n) is 10.7. The lowest BCUT2D eigenvalue weighted by molar-refractivity contribution is 0.317. The van der Waals surface area contributed by atoms with E-state index in [1.807, 2.05) is 12.1 Å². The van der Waals surface area contributed by atoms with Crippen molar-refractivity contribution in [3.05, 3.63) is 52.2 Å². The Balaban J connectivity index is 1.81. The molecule has 96 valence electrons. The zero-order chi connectivity index (χ0) is 12.6. The van der Waals surface area contributed by atoms with Gasteiger partial charge in [-0.15, -0.1) is 0 Å². The Bertz CT molecular complexity index is 453. The summed E-state index contributed by atoms with van der Waals surface area (Å²) in [4.78, 5) is 0. The van der Waals surface area contributed by atoms with Crippen molar-refractivity contribution < 1.29 is 4.74 Å². The molecule has 2 aromatic rings. The van der Waals surface area contributed by atoms with Crippen LogP contribution in [-0.4, -0.2) is 6.61 Å². The molecule has 0 atom stereocenters. The van der Waals surface area contributed by atoms with Crippen LogP contribution in [-0.2, 0) is 13.1 Å². The number of hydrogen-bond acceptors (Lipinski definition) is 3. The summed E-state index contributed by atoms with van der Waals surface area (Å²) >= 11 is 1.74. The molecule has 18 heavy (non-hydrogen) atoms. The maximum absolute atomic E-state index is 5.62. The van der Waals surface area contributed by atoms with E-state index in [1.165, 1.54) is 11.1 Å². The second kappa shape index (κ2) is 7.19. The Morgan fingerprint density at radius 1 is 1.17 bits per heavy atom. The van der Waals surface area contributed by atoms with Crippen LogP contribution in [0.1, 0.15) is 24.5 Å². The standard InChI is InChI=1S/C15H19NOS/c1-2-7-17-15-5-3-4-13(9-15)10-16-11-14-6-8-18-12-14/h3-6,8-9,12,16H,2,7,10-11H2,1H3. The van der Waals surface area contributed by atoms with E-state index in [-0.39, 0.29) is 0 Å². The quantitative estimate of drug-likeness (QED) is 0.818. The molecule has 0 fully saturated rings. The molecule has 1 heterocycles. The highest BCUT2D eigenvalue weighted by Crippen LogP contribution is 2.13. The fourth-order valence-electron chi connectivity index (χ4n) is 1.71. The van der Waals surface area contributed by atoms with Gasteiger partial charge in [0.15, 0.2) is 0 Å². The van der Waals surface area contributed by atoms with Gasteiger partial charge in [-0.3, -0.25) is 0 Å². The van der Waals surface area contributed by atoms with Crippen molar-refractivity contribution in [1.29, 1.82) is 0 Å². The molecular weight excluding hydrogens is 242 g/mol. The maximum atomic E-state index is 5.62. The van der Waals surface area contributed by atoms with Crippen LogP contribution in [0.15, 0.2) is 41.1 Å². The number of ether oxygens (including phenoxy) is 1. The van der Waals surface area contributed by atoms with Gasteiger partial charge in [0, 0.05) is 13.1 Å². The molecule has 2 nitrogen and oxygen atoms in total. The first kappa shape index (κ1) is 13.1. The van der Waals surface area contributed by atoms with Gasteiger partial charge in [-0.25, -0.2) is 0 Å². The highest BCUT2D eigenvalue weighted by Gasteiger charge is 1.97. The van der Waals surface area contributed by atoms with Crippen molar-refractivity contribution >= 4 is 11.3 Å². The Morgan fingerprint density at radius 3 is 2.83 bits per heavy atom. The Kier molecular flexibility index (Phi) is 5.24. The van der Waals surface area contributed by atoms with Crippen LogP contribution in [0.2, 0.25) is 0 Å². The molecule has 1 aromatic heterocycles. The van der Waals surface area contributed by atoms with Gasteiger partial charge in [-0.05, 0) is 46.5 Å². The Morgan fingerprint density at radius 2 is 2.06 bits per heavy atom. The topological polar surface area (TPSA) is 21.3 Å². The maximum Gasteiger partial charge on any atom is 0.119 e. The van der Waals surface area contributed by atoms with Gasteiger partial charge in [-0.2, -0.15) is 11.3 Å². The van der Waals surface area contributed by atoms with Crippen molar-refractivity contribution in [2.24, 2.45) is 0 Å². The van der Waals surface area contributed by atoms with E-state index in [2.05, 4.69) is 41.2 Å². The highest BCUT2D eigenvalue weighted by atomic mass is 32.1. The van der Waals surface area contributed by atoms with Gasteiger partial charge in [0.2, 0.25) is 0 Å². The first-order valence-electron chi connectivity index (χ1n) is 6.32. The number of rotatable bonds is 7. The number of benzene rings is 1. The zero-order valence-corrected chi connectivity index (χ0v) is 11.5. The summed E-state index contributed by atoms with van der Waals surface area (Å²) < 4.78 is 5.62. The first-order chi connectivity index (χ1) is 8.88. The third-order valence-electron chi connectivity index (χ3n) is 2.61. The number of nitrogens with one attached hydrogen (secondary N) is 1. The van der Waals surface area contributed by atoms with Crippen LogP contribution in [0, 0.1) is 0 Å². The van der Waals surface area contributed by atoms with Crippen LogP contribution >= 0.6 is 11.3 Å². The lowest BCUT2D eigenvalue weighted by Crippen LogP contribution is -2.12. The van der Waals surface area contributed by atoms with Crippen molar-refractivity contribution in [3.63, 3.8) is 0 Å². The third kappa shape index (κ3) is 4.17. The van der Waals surface area contributed by atoms with E-state index in [0.29, 0.717) is 0 Å². The Labute approximate surface area is 113 Å². The van der Waals surface area contributed by atoms with E-state index < -0.39 is 0 Å². The first-order valence-corrected chi connectivity index (χ1v) is 7.26. The van der Waals surface area contributed by atoms with Crippen LogP contribution in [0.3, 0.4) is 0 Å². The molecule has 0 saturated carbocycles. The van der Waals surface area contributed by atoms with Crippen LogP contribution < -0.4 is 10.1 Å². The average Bonchev–Trinajstić information content (AvgIpc) is 2.90. The summed E-state index contributed by atoms with van der Waals surface area (Å²) in [5.74, 6) is 0.965. The van der Waals surface area contributed by atoms with Crippen LogP contribution in [0.5, 0.6) is 5.75 Å². The van der Waals surface area contributed by atoms with Crippen molar-refractivity contribution in [1.82, 2.24) is 5.32 Å². The van der Waals surface area contributed by atoms with Crippen LogP contribution in [0.4, 0.5) is 0 Å². The molecule has 3 heteroatoms. The minimum atomic E-state index is 0.784.